The molecule has 0 bridgehead atoms. The number of hydrogen-bond acceptors (Lipinski definition) is 2. The number of pyridine rings is 1. The third-order valence-corrected chi connectivity index (χ3v) is 2.19. The van der Waals surface area contributed by atoms with Gasteiger partial charge in [-0.15, -0.1) is 0 Å². The fraction of sp³-hybridized carbons (Fsp3) is 0.0833. The van der Waals surface area contributed by atoms with Crippen LogP contribution >= 0.6 is 0 Å². The zero-order chi connectivity index (χ0) is 11.5. The Morgan fingerprint density at radius 2 is 1.81 bits per heavy atom. The summed E-state index contributed by atoms with van der Waals surface area (Å²) in [6, 6.07) is 9.06. The maximum atomic E-state index is 13.5. The molecule has 82 valence electrons. The second-order valence-electron chi connectivity index (χ2n) is 3.40. The molecule has 2 nitrogen and oxygen atoms in total. The summed E-state index contributed by atoms with van der Waals surface area (Å²) < 4.78 is 26.3. The fourth-order valence-corrected chi connectivity index (χ4v) is 1.40. The molecule has 0 amide bonds. The number of aryl methyl sites for hydroxylation is 1. The first-order valence-electron chi connectivity index (χ1n) is 4.81. The van der Waals surface area contributed by atoms with Crippen LogP contribution in [0.2, 0.25) is 0 Å². The molecule has 0 spiro atoms. The van der Waals surface area contributed by atoms with Crippen molar-refractivity contribution in [3.05, 3.63) is 53.7 Å². The van der Waals surface area contributed by atoms with Gasteiger partial charge in [-0.1, -0.05) is 18.2 Å². The van der Waals surface area contributed by atoms with Crippen LogP contribution in [-0.4, -0.2) is 4.98 Å². The second-order valence-corrected chi connectivity index (χ2v) is 3.40. The van der Waals surface area contributed by atoms with Gasteiger partial charge < -0.3 is 5.32 Å². The molecular formula is C12H10F2N2. The van der Waals surface area contributed by atoms with Gasteiger partial charge in [0.05, 0.1) is 5.69 Å². The third-order valence-electron chi connectivity index (χ3n) is 2.19. The maximum Gasteiger partial charge on any atom is 0.214 e. The highest BCUT2D eigenvalue weighted by molar-refractivity contribution is 5.60. The quantitative estimate of drug-likeness (QED) is 0.784. The minimum Gasteiger partial charge on any atom is -0.338 e. The number of para-hydroxylation sites is 1. The van der Waals surface area contributed by atoms with Gasteiger partial charge in [-0.2, -0.15) is 4.39 Å². The minimum absolute atomic E-state index is 0.285. The first-order valence-corrected chi connectivity index (χ1v) is 4.81. The van der Waals surface area contributed by atoms with Gasteiger partial charge in [-0.25, -0.2) is 9.37 Å². The van der Waals surface area contributed by atoms with Crippen molar-refractivity contribution in [3.63, 3.8) is 0 Å². The van der Waals surface area contributed by atoms with Crippen LogP contribution in [0.1, 0.15) is 5.56 Å². The van der Waals surface area contributed by atoms with Gasteiger partial charge in [-0.3, -0.25) is 0 Å². The van der Waals surface area contributed by atoms with E-state index in [-0.39, 0.29) is 11.6 Å². The normalized spacial score (nSPS) is 10.2. The number of hydrogen-bond donors (Lipinski definition) is 1. The van der Waals surface area contributed by atoms with Crippen LogP contribution in [-0.2, 0) is 0 Å². The molecule has 1 N–H and O–H groups in total. The number of aromatic nitrogens is 1. The minimum atomic E-state index is -0.598. The van der Waals surface area contributed by atoms with Gasteiger partial charge in [0.15, 0.2) is 0 Å². The number of benzene rings is 1. The molecule has 1 heterocycles. The zero-order valence-electron chi connectivity index (χ0n) is 8.67. The zero-order valence-corrected chi connectivity index (χ0v) is 8.67. The summed E-state index contributed by atoms with van der Waals surface area (Å²) in [5, 5.41) is 2.76. The summed E-state index contributed by atoms with van der Waals surface area (Å²) in [5.41, 5.74) is 1.06. The van der Waals surface area contributed by atoms with E-state index in [2.05, 4.69) is 10.3 Å². The van der Waals surface area contributed by atoms with Gasteiger partial charge in [0, 0.05) is 0 Å². The van der Waals surface area contributed by atoms with Crippen LogP contribution in [0.5, 0.6) is 0 Å². The molecule has 0 aliphatic carbocycles. The van der Waals surface area contributed by atoms with Gasteiger partial charge in [0.2, 0.25) is 5.95 Å². The maximum absolute atomic E-state index is 13.5. The molecule has 4 heteroatoms. The van der Waals surface area contributed by atoms with Crippen LogP contribution in [0, 0.1) is 18.7 Å². The van der Waals surface area contributed by atoms with Gasteiger partial charge in [-0.05, 0) is 30.7 Å². The fourth-order valence-electron chi connectivity index (χ4n) is 1.40. The SMILES string of the molecule is Cc1cccc(F)c1Nc1cccc(F)n1. The van der Waals surface area contributed by atoms with E-state index in [1.165, 1.54) is 18.2 Å². The lowest BCUT2D eigenvalue weighted by atomic mass is 10.2. The van der Waals surface area contributed by atoms with Crippen molar-refractivity contribution in [3.8, 4) is 0 Å². The second kappa shape index (κ2) is 4.26. The molecule has 0 saturated heterocycles. The Kier molecular flexibility index (Phi) is 2.81. The van der Waals surface area contributed by atoms with E-state index in [9.17, 15) is 8.78 Å². The van der Waals surface area contributed by atoms with E-state index < -0.39 is 5.95 Å². The van der Waals surface area contributed by atoms with Gasteiger partial charge >= 0.3 is 0 Å². The molecule has 16 heavy (non-hydrogen) atoms. The lowest BCUT2D eigenvalue weighted by Gasteiger charge is -2.09. The highest BCUT2D eigenvalue weighted by atomic mass is 19.1. The predicted molar refractivity (Wildman–Crippen MR) is 58.6 cm³/mol. The van der Waals surface area contributed by atoms with Crippen molar-refractivity contribution in [2.45, 2.75) is 6.92 Å². The molecular weight excluding hydrogens is 210 g/mol. The van der Waals surface area contributed by atoms with Crippen LogP contribution in [0.3, 0.4) is 0 Å². The number of rotatable bonds is 2. The van der Waals surface area contributed by atoms with Crippen LogP contribution in [0.4, 0.5) is 20.3 Å². The van der Waals surface area contributed by atoms with Gasteiger partial charge in [0.25, 0.3) is 0 Å². The Bertz CT molecular complexity index is 492. The number of nitrogens with one attached hydrogen (secondary N) is 1. The van der Waals surface area contributed by atoms with Gasteiger partial charge in [0.1, 0.15) is 11.6 Å². The lowest BCUT2D eigenvalue weighted by molar-refractivity contribution is 0.585. The van der Waals surface area contributed by atoms with E-state index in [0.717, 1.165) is 5.56 Å². The summed E-state index contributed by atoms with van der Waals surface area (Å²) in [6.07, 6.45) is 0. The Hall–Kier alpha value is -1.97. The molecule has 0 aliphatic heterocycles. The average Bonchev–Trinajstić information content (AvgIpc) is 2.24. The summed E-state index contributed by atoms with van der Waals surface area (Å²) in [6.45, 7) is 1.77. The largest absolute Gasteiger partial charge is 0.338 e. The summed E-state index contributed by atoms with van der Waals surface area (Å²) in [5.74, 6) is -0.696. The molecule has 1 aromatic heterocycles. The Labute approximate surface area is 92.0 Å². The summed E-state index contributed by atoms with van der Waals surface area (Å²) >= 11 is 0. The van der Waals surface area contributed by atoms with Crippen LogP contribution < -0.4 is 5.32 Å². The molecule has 0 radical (unpaired) electrons. The monoisotopic (exact) mass is 220 g/mol. The van der Waals surface area contributed by atoms with Crippen molar-refractivity contribution in [2.75, 3.05) is 5.32 Å². The van der Waals surface area contributed by atoms with Crippen LogP contribution in [0.25, 0.3) is 0 Å². The number of halogens is 2. The van der Waals surface area contributed by atoms with Crippen molar-refractivity contribution >= 4 is 11.5 Å². The topological polar surface area (TPSA) is 24.9 Å². The number of nitrogens with zero attached hydrogens (tertiary/aromatic N) is 1. The Morgan fingerprint density at radius 1 is 1.06 bits per heavy atom. The van der Waals surface area contributed by atoms with E-state index in [1.807, 2.05) is 0 Å². The molecule has 0 unspecified atom stereocenters. The molecule has 0 saturated carbocycles. The van der Waals surface area contributed by atoms with E-state index in [0.29, 0.717) is 5.69 Å². The molecule has 1 aromatic carbocycles. The standard InChI is InChI=1S/C12H10F2N2/c1-8-4-2-5-9(13)12(8)16-11-7-3-6-10(14)15-11/h2-7H,1H3,(H,15,16). The first kappa shape index (κ1) is 10.5. The highest BCUT2D eigenvalue weighted by Gasteiger charge is 2.06. The summed E-state index contributed by atoms with van der Waals surface area (Å²) in [4.78, 5) is 3.61. The van der Waals surface area contributed by atoms with Crippen molar-refractivity contribution in [1.82, 2.24) is 4.98 Å². The molecule has 2 rings (SSSR count). The van der Waals surface area contributed by atoms with E-state index >= 15 is 0 Å². The Balaban J connectivity index is 2.34. The third kappa shape index (κ3) is 2.16. The van der Waals surface area contributed by atoms with Crippen molar-refractivity contribution in [1.29, 1.82) is 0 Å². The lowest BCUT2D eigenvalue weighted by Crippen LogP contribution is -1.99. The van der Waals surface area contributed by atoms with E-state index in [1.54, 1.807) is 25.1 Å². The van der Waals surface area contributed by atoms with E-state index in [4.69, 9.17) is 0 Å². The van der Waals surface area contributed by atoms with Crippen LogP contribution in [0.15, 0.2) is 36.4 Å². The predicted octanol–water partition coefficient (Wildman–Crippen LogP) is 3.41. The number of anilines is 2. The Morgan fingerprint density at radius 3 is 2.50 bits per heavy atom. The molecule has 0 aliphatic rings. The average molecular weight is 220 g/mol. The smallest absolute Gasteiger partial charge is 0.214 e. The van der Waals surface area contributed by atoms with Crippen molar-refractivity contribution in [2.24, 2.45) is 0 Å². The molecule has 2 aromatic rings. The van der Waals surface area contributed by atoms with Crippen molar-refractivity contribution < 1.29 is 8.78 Å². The highest BCUT2D eigenvalue weighted by Crippen LogP contribution is 2.22. The first-order chi connectivity index (χ1) is 7.66. The summed E-state index contributed by atoms with van der Waals surface area (Å²) in [7, 11) is 0. The molecule has 0 atom stereocenters. The molecule has 0 fully saturated rings.